The van der Waals surface area contributed by atoms with Gasteiger partial charge in [0.15, 0.2) is 11.7 Å². The minimum Gasteiger partial charge on any atom is -0.352 e. The molecule has 0 radical (unpaired) electrons. The lowest BCUT2D eigenvalue weighted by Gasteiger charge is -2.25. The predicted molar refractivity (Wildman–Crippen MR) is 84.2 cm³/mol. The molecule has 1 N–H and O–H groups in total. The van der Waals surface area contributed by atoms with Gasteiger partial charge in [0.2, 0.25) is 11.8 Å². The normalized spacial score (nSPS) is 21.2. The van der Waals surface area contributed by atoms with Crippen LogP contribution in [-0.4, -0.2) is 41.6 Å². The molecule has 1 heterocycles. The third-order valence-corrected chi connectivity index (χ3v) is 4.68. The fourth-order valence-electron chi connectivity index (χ4n) is 3.29. The van der Waals surface area contributed by atoms with E-state index in [0.29, 0.717) is 13.0 Å². The summed E-state index contributed by atoms with van der Waals surface area (Å²) in [6.07, 6.45) is 8.18. The lowest BCUT2D eigenvalue weighted by atomic mass is 10.0. The molecule has 6 heteroatoms. The maximum Gasteiger partial charge on any atom is 0.245 e. The lowest BCUT2D eigenvalue weighted by Crippen LogP contribution is -2.44. The van der Waals surface area contributed by atoms with Crippen LogP contribution >= 0.6 is 0 Å². The van der Waals surface area contributed by atoms with Crippen LogP contribution in [0, 0.1) is 17.2 Å². The average Bonchev–Trinajstić information content (AvgIpc) is 3.00. The second-order valence-corrected chi connectivity index (χ2v) is 6.50. The smallest absolute Gasteiger partial charge is 0.245 e. The van der Waals surface area contributed by atoms with Crippen molar-refractivity contribution in [3.63, 3.8) is 0 Å². The monoisotopic (exact) mass is 319 g/mol. The van der Waals surface area contributed by atoms with Crippen molar-refractivity contribution in [1.82, 2.24) is 10.2 Å². The van der Waals surface area contributed by atoms with Gasteiger partial charge in [-0.2, -0.15) is 5.26 Å². The van der Waals surface area contributed by atoms with Gasteiger partial charge in [-0.05, 0) is 25.7 Å². The standard InChI is InChI=1S/C17H25N3O3/c18-11-14(17(23)19-13-7-4-5-8-13)15(21)12-20-10-6-2-1-3-9-16(20)22/h13-14H,1-10,12H2,(H,19,23). The highest BCUT2D eigenvalue weighted by Crippen LogP contribution is 2.18. The number of hydrogen-bond donors (Lipinski definition) is 1. The summed E-state index contributed by atoms with van der Waals surface area (Å²) in [5.74, 6) is -2.35. The topological polar surface area (TPSA) is 90.3 Å². The molecule has 2 fully saturated rings. The second-order valence-electron chi connectivity index (χ2n) is 6.50. The van der Waals surface area contributed by atoms with Gasteiger partial charge in [-0.1, -0.05) is 25.7 Å². The van der Waals surface area contributed by atoms with Crippen LogP contribution in [-0.2, 0) is 14.4 Å². The van der Waals surface area contributed by atoms with Gasteiger partial charge >= 0.3 is 0 Å². The first-order valence-electron chi connectivity index (χ1n) is 8.62. The number of amides is 2. The number of ketones is 1. The van der Waals surface area contributed by atoms with Gasteiger partial charge in [-0.3, -0.25) is 14.4 Å². The Kier molecular flexibility index (Phi) is 6.57. The molecule has 0 spiro atoms. The Labute approximate surface area is 137 Å². The van der Waals surface area contributed by atoms with E-state index < -0.39 is 17.6 Å². The van der Waals surface area contributed by atoms with E-state index in [1.54, 1.807) is 0 Å². The van der Waals surface area contributed by atoms with Crippen molar-refractivity contribution in [3.05, 3.63) is 0 Å². The first-order chi connectivity index (χ1) is 11.1. The molecule has 2 amide bonds. The summed E-state index contributed by atoms with van der Waals surface area (Å²) in [5, 5.41) is 12.0. The summed E-state index contributed by atoms with van der Waals surface area (Å²) >= 11 is 0. The molecule has 2 aliphatic rings. The molecule has 23 heavy (non-hydrogen) atoms. The molecule has 0 aromatic rings. The van der Waals surface area contributed by atoms with Gasteiger partial charge in [0.05, 0.1) is 12.6 Å². The number of carbonyl (C=O) groups excluding carboxylic acids is 3. The van der Waals surface area contributed by atoms with E-state index in [9.17, 15) is 19.6 Å². The number of nitriles is 1. The van der Waals surface area contributed by atoms with Crippen molar-refractivity contribution in [3.8, 4) is 6.07 Å². The average molecular weight is 319 g/mol. The third-order valence-electron chi connectivity index (χ3n) is 4.68. The Balaban J connectivity index is 1.91. The van der Waals surface area contributed by atoms with E-state index in [1.807, 2.05) is 6.07 Å². The molecular weight excluding hydrogens is 294 g/mol. The molecule has 2 rings (SSSR count). The summed E-state index contributed by atoms with van der Waals surface area (Å²) < 4.78 is 0. The SMILES string of the molecule is N#CC(C(=O)CN1CCCCCCC1=O)C(=O)NC1CCCC1. The molecule has 1 aliphatic carbocycles. The van der Waals surface area contributed by atoms with Gasteiger partial charge in [0, 0.05) is 19.0 Å². The Bertz CT molecular complexity index is 492. The zero-order valence-corrected chi connectivity index (χ0v) is 13.6. The molecule has 126 valence electrons. The zero-order valence-electron chi connectivity index (χ0n) is 13.6. The number of nitrogens with zero attached hydrogens (tertiary/aromatic N) is 2. The highest BCUT2D eigenvalue weighted by atomic mass is 16.2. The summed E-state index contributed by atoms with van der Waals surface area (Å²) in [6.45, 7) is 0.405. The van der Waals surface area contributed by atoms with Crippen molar-refractivity contribution < 1.29 is 14.4 Å². The number of hydrogen-bond acceptors (Lipinski definition) is 4. The van der Waals surface area contributed by atoms with Gasteiger partial charge in [0.25, 0.3) is 0 Å². The Morgan fingerprint density at radius 1 is 1.17 bits per heavy atom. The Hall–Kier alpha value is -1.90. The number of nitrogens with one attached hydrogen (secondary N) is 1. The maximum absolute atomic E-state index is 12.3. The first-order valence-corrected chi connectivity index (χ1v) is 8.62. The van der Waals surface area contributed by atoms with Crippen LogP contribution in [0.1, 0.15) is 57.8 Å². The van der Waals surface area contributed by atoms with E-state index in [4.69, 9.17) is 0 Å². The third kappa shape index (κ3) is 5.05. The number of likely N-dealkylation sites (tertiary alicyclic amines) is 1. The van der Waals surface area contributed by atoms with Gasteiger partial charge in [0.1, 0.15) is 0 Å². The number of rotatable bonds is 5. The Morgan fingerprint density at radius 2 is 1.87 bits per heavy atom. The molecule has 0 bridgehead atoms. The van der Waals surface area contributed by atoms with Crippen molar-refractivity contribution in [1.29, 1.82) is 5.26 Å². The Morgan fingerprint density at radius 3 is 2.57 bits per heavy atom. The number of carbonyl (C=O) groups is 3. The summed E-state index contributed by atoms with van der Waals surface area (Å²) in [7, 11) is 0. The van der Waals surface area contributed by atoms with Crippen LogP contribution in [0.5, 0.6) is 0 Å². The molecular formula is C17H25N3O3. The zero-order chi connectivity index (χ0) is 16.7. The fourth-order valence-corrected chi connectivity index (χ4v) is 3.29. The van der Waals surface area contributed by atoms with Crippen LogP contribution in [0.4, 0.5) is 0 Å². The van der Waals surface area contributed by atoms with E-state index in [0.717, 1.165) is 51.4 Å². The van der Waals surface area contributed by atoms with Crippen molar-refractivity contribution >= 4 is 17.6 Å². The van der Waals surface area contributed by atoms with Crippen LogP contribution in [0.2, 0.25) is 0 Å². The molecule has 1 atom stereocenters. The minimum absolute atomic E-state index is 0.0501. The highest BCUT2D eigenvalue weighted by Gasteiger charge is 2.31. The first kappa shape index (κ1) is 17.5. The van der Waals surface area contributed by atoms with Crippen LogP contribution < -0.4 is 5.32 Å². The number of Topliss-reactive ketones (excluding diaryl/α,β-unsaturated/α-hetero) is 1. The van der Waals surface area contributed by atoms with Crippen molar-refractivity contribution in [2.45, 2.75) is 63.8 Å². The quantitative estimate of drug-likeness (QED) is 0.778. The molecule has 0 aromatic heterocycles. The van der Waals surface area contributed by atoms with Gasteiger partial charge < -0.3 is 10.2 Å². The lowest BCUT2D eigenvalue weighted by molar-refractivity contribution is -0.139. The predicted octanol–water partition coefficient (Wildman–Crippen LogP) is 1.55. The van der Waals surface area contributed by atoms with E-state index >= 15 is 0 Å². The summed E-state index contributed by atoms with van der Waals surface area (Å²) in [6, 6.07) is 1.89. The second kappa shape index (κ2) is 8.66. The maximum atomic E-state index is 12.3. The molecule has 1 saturated heterocycles. The molecule has 1 aliphatic heterocycles. The fraction of sp³-hybridized carbons (Fsp3) is 0.765. The molecule has 0 aromatic carbocycles. The minimum atomic E-state index is -1.31. The van der Waals surface area contributed by atoms with E-state index in [1.165, 1.54) is 4.90 Å². The van der Waals surface area contributed by atoms with E-state index in [2.05, 4.69) is 5.32 Å². The van der Waals surface area contributed by atoms with Crippen molar-refractivity contribution in [2.24, 2.45) is 5.92 Å². The molecule has 1 saturated carbocycles. The van der Waals surface area contributed by atoms with Crippen LogP contribution in [0.3, 0.4) is 0 Å². The van der Waals surface area contributed by atoms with Gasteiger partial charge in [-0.25, -0.2) is 0 Å². The molecule has 1 unspecified atom stereocenters. The van der Waals surface area contributed by atoms with Crippen LogP contribution in [0.25, 0.3) is 0 Å². The summed E-state index contributed by atoms with van der Waals surface area (Å²) in [4.78, 5) is 38.0. The van der Waals surface area contributed by atoms with Crippen molar-refractivity contribution in [2.75, 3.05) is 13.1 Å². The highest BCUT2D eigenvalue weighted by molar-refractivity contribution is 6.05. The van der Waals surface area contributed by atoms with E-state index in [-0.39, 0.29) is 18.5 Å². The largest absolute Gasteiger partial charge is 0.352 e. The van der Waals surface area contributed by atoms with Gasteiger partial charge in [-0.15, -0.1) is 0 Å². The molecule has 6 nitrogen and oxygen atoms in total. The van der Waals surface area contributed by atoms with Crippen LogP contribution in [0.15, 0.2) is 0 Å². The summed E-state index contributed by atoms with van der Waals surface area (Å²) in [5.41, 5.74) is 0.